The molecular formula is C27H23N3O4. The molecule has 0 atom stereocenters. The van der Waals surface area contributed by atoms with Crippen LogP contribution in [0.4, 0.5) is 0 Å². The summed E-state index contributed by atoms with van der Waals surface area (Å²) in [4.78, 5) is 5.14. The zero-order chi connectivity index (χ0) is 23.7. The minimum absolute atomic E-state index is 0.620. The summed E-state index contributed by atoms with van der Waals surface area (Å²) >= 11 is 0. The Hall–Kier alpha value is -4.39. The fourth-order valence-electron chi connectivity index (χ4n) is 3.81. The van der Waals surface area contributed by atoms with Gasteiger partial charge in [0.2, 0.25) is 0 Å². The Morgan fingerprint density at radius 3 is 1.32 bits per heavy atom. The van der Waals surface area contributed by atoms with Crippen LogP contribution in [0, 0.1) is 13.8 Å². The minimum Gasteiger partial charge on any atom is -0.497 e. The highest BCUT2D eigenvalue weighted by Crippen LogP contribution is 2.40. The molecule has 0 saturated carbocycles. The zero-order valence-corrected chi connectivity index (χ0v) is 19.3. The van der Waals surface area contributed by atoms with Crippen molar-refractivity contribution in [2.45, 2.75) is 13.8 Å². The Balaban J connectivity index is 1.79. The van der Waals surface area contributed by atoms with E-state index >= 15 is 0 Å². The van der Waals surface area contributed by atoms with Crippen LogP contribution in [0.25, 0.3) is 45.2 Å². The molecule has 0 aliphatic heterocycles. The molecule has 0 unspecified atom stereocenters. The number of rotatable bonds is 6. The predicted octanol–water partition coefficient (Wildman–Crippen LogP) is 6.36. The van der Waals surface area contributed by atoms with Gasteiger partial charge in [0.1, 0.15) is 11.5 Å². The van der Waals surface area contributed by atoms with Crippen LogP contribution in [0.15, 0.2) is 75.8 Å². The van der Waals surface area contributed by atoms with E-state index in [2.05, 4.69) is 10.3 Å². The van der Waals surface area contributed by atoms with Crippen LogP contribution in [0.3, 0.4) is 0 Å². The molecule has 0 amide bonds. The first-order valence-electron chi connectivity index (χ1n) is 10.8. The number of ether oxygens (including phenoxy) is 2. The molecule has 2 aromatic carbocycles. The Labute approximate surface area is 196 Å². The number of pyridine rings is 1. The summed E-state index contributed by atoms with van der Waals surface area (Å²) in [5, 5.41) is 8.18. The lowest BCUT2D eigenvalue weighted by Crippen LogP contribution is -1.96. The van der Waals surface area contributed by atoms with Crippen LogP contribution in [-0.4, -0.2) is 29.5 Å². The molecule has 5 rings (SSSR count). The highest BCUT2D eigenvalue weighted by Gasteiger charge is 2.22. The third-order valence-corrected chi connectivity index (χ3v) is 5.54. The van der Waals surface area contributed by atoms with Gasteiger partial charge in [-0.15, -0.1) is 0 Å². The molecule has 0 aliphatic rings. The van der Waals surface area contributed by atoms with Gasteiger partial charge < -0.3 is 18.5 Å². The van der Waals surface area contributed by atoms with Crippen molar-refractivity contribution in [1.29, 1.82) is 0 Å². The van der Waals surface area contributed by atoms with Crippen molar-refractivity contribution in [2.24, 2.45) is 0 Å². The van der Waals surface area contributed by atoms with Gasteiger partial charge in [0.05, 0.1) is 37.0 Å². The van der Waals surface area contributed by atoms with Gasteiger partial charge in [-0.1, -0.05) is 10.3 Å². The molecule has 0 saturated heterocycles. The van der Waals surface area contributed by atoms with Gasteiger partial charge in [-0.25, -0.2) is 4.98 Å². The van der Waals surface area contributed by atoms with Crippen LogP contribution < -0.4 is 9.47 Å². The molecule has 7 heteroatoms. The average Bonchev–Trinajstić information content (AvgIpc) is 3.51. The molecule has 3 heterocycles. The Bertz CT molecular complexity index is 1330. The molecule has 0 spiro atoms. The van der Waals surface area contributed by atoms with E-state index in [1.165, 1.54) is 0 Å². The molecule has 0 N–H and O–H groups in total. The lowest BCUT2D eigenvalue weighted by Gasteiger charge is -2.14. The smallest absolute Gasteiger partial charge is 0.169 e. The van der Waals surface area contributed by atoms with E-state index in [1.54, 1.807) is 14.2 Å². The van der Waals surface area contributed by atoms with Gasteiger partial charge in [-0.2, -0.15) is 0 Å². The number of methoxy groups -OCH3 is 2. The fourth-order valence-corrected chi connectivity index (χ4v) is 3.81. The first kappa shape index (κ1) is 21.5. The quantitative estimate of drug-likeness (QED) is 0.296. The molecule has 0 radical (unpaired) electrons. The summed E-state index contributed by atoms with van der Waals surface area (Å²) in [6.45, 7) is 3.78. The first-order valence-corrected chi connectivity index (χ1v) is 10.8. The topological polar surface area (TPSA) is 83.4 Å². The largest absolute Gasteiger partial charge is 0.497 e. The van der Waals surface area contributed by atoms with E-state index in [-0.39, 0.29) is 0 Å². The van der Waals surface area contributed by atoms with Crippen LogP contribution in [0.5, 0.6) is 11.5 Å². The number of benzene rings is 2. The number of hydrogen-bond acceptors (Lipinski definition) is 7. The van der Waals surface area contributed by atoms with Gasteiger partial charge in [-0.05, 0) is 68.4 Å². The number of nitrogens with zero attached hydrogens (tertiary/aromatic N) is 3. The summed E-state index contributed by atoms with van der Waals surface area (Å²) in [6.07, 6.45) is 0. The standard InChI is InChI=1S/C27H23N3O4/c1-16-13-24(33-29-16)22-15-23(25-14-17(2)30-34-25)27(19-7-11-21(32-4)12-8-19)28-26(22)18-5-9-20(31-3)10-6-18/h5-15H,1-4H3. The second-order valence-corrected chi connectivity index (χ2v) is 7.90. The van der Waals surface area contributed by atoms with E-state index in [0.717, 1.165) is 56.5 Å². The monoisotopic (exact) mass is 453 g/mol. The van der Waals surface area contributed by atoms with E-state index in [0.29, 0.717) is 11.5 Å². The van der Waals surface area contributed by atoms with Crippen molar-refractivity contribution < 1.29 is 18.5 Å². The van der Waals surface area contributed by atoms with E-state index in [9.17, 15) is 0 Å². The average molecular weight is 453 g/mol. The normalized spacial score (nSPS) is 10.9. The minimum atomic E-state index is 0.620. The number of aryl methyl sites for hydroxylation is 2. The molecule has 3 aromatic heterocycles. The van der Waals surface area contributed by atoms with E-state index in [1.807, 2.05) is 80.6 Å². The maximum absolute atomic E-state index is 5.65. The predicted molar refractivity (Wildman–Crippen MR) is 129 cm³/mol. The lowest BCUT2D eigenvalue weighted by atomic mass is 9.96. The molecule has 0 bridgehead atoms. The molecular weight excluding hydrogens is 430 g/mol. The van der Waals surface area contributed by atoms with Crippen LogP contribution in [-0.2, 0) is 0 Å². The Morgan fingerprint density at radius 1 is 0.588 bits per heavy atom. The molecule has 7 nitrogen and oxygen atoms in total. The van der Waals surface area contributed by atoms with E-state index in [4.69, 9.17) is 23.5 Å². The second kappa shape index (κ2) is 8.86. The molecule has 170 valence electrons. The highest BCUT2D eigenvalue weighted by atomic mass is 16.5. The highest BCUT2D eigenvalue weighted by molar-refractivity contribution is 5.89. The third kappa shape index (κ3) is 4.03. The van der Waals surface area contributed by atoms with Crippen molar-refractivity contribution in [3.05, 3.63) is 78.1 Å². The van der Waals surface area contributed by atoms with Gasteiger partial charge >= 0.3 is 0 Å². The maximum atomic E-state index is 5.65. The number of aromatic nitrogens is 3. The molecule has 5 aromatic rings. The summed E-state index contributed by atoms with van der Waals surface area (Å²) in [5.74, 6) is 2.78. The van der Waals surface area contributed by atoms with Gasteiger partial charge in [0, 0.05) is 34.4 Å². The molecule has 0 fully saturated rings. The van der Waals surface area contributed by atoms with Gasteiger partial charge in [-0.3, -0.25) is 0 Å². The maximum Gasteiger partial charge on any atom is 0.169 e. The van der Waals surface area contributed by atoms with Gasteiger partial charge in [0.25, 0.3) is 0 Å². The van der Waals surface area contributed by atoms with Gasteiger partial charge in [0.15, 0.2) is 11.5 Å². The molecule has 34 heavy (non-hydrogen) atoms. The van der Waals surface area contributed by atoms with Crippen molar-refractivity contribution >= 4 is 0 Å². The van der Waals surface area contributed by atoms with Crippen molar-refractivity contribution in [1.82, 2.24) is 15.3 Å². The zero-order valence-electron chi connectivity index (χ0n) is 19.3. The Kier molecular flexibility index (Phi) is 5.59. The summed E-state index contributed by atoms with van der Waals surface area (Å²) < 4.78 is 22.0. The second-order valence-electron chi connectivity index (χ2n) is 7.90. The van der Waals surface area contributed by atoms with E-state index < -0.39 is 0 Å². The van der Waals surface area contributed by atoms with Crippen molar-refractivity contribution in [2.75, 3.05) is 14.2 Å². The SMILES string of the molecule is COc1ccc(-c2nc(-c3ccc(OC)cc3)c(-c3cc(C)no3)cc2-c2cc(C)no2)cc1. The molecule has 0 aliphatic carbocycles. The number of hydrogen-bond donors (Lipinski definition) is 0. The fraction of sp³-hybridized carbons (Fsp3) is 0.148. The van der Waals surface area contributed by atoms with Crippen LogP contribution in [0.1, 0.15) is 11.4 Å². The van der Waals surface area contributed by atoms with Crippen LogP contribution in [0.2, 0.25) is 0 Å². The summed E-state index contributed by atoms with van der Waals surface area (Å²) in [7, 11) is 3.29. The van der Waals surface area contributed by atoms with Crippen molar-refractivity contribution in [3.63, 3.8) is 0 Å². The van der Waals surface area contributed by atoms with Crippen molar-refractivity contribution in [3.8, 4) is 56.7 Å². The summed E-state index contributed by atoms with van der Waals surface area (Å²) in [6, 6.07) is 21.4. The Morgan fingerprint density at radius 2 is 1.00 bits per heavy atom. The lowest BCUT2D eigenvalue weighted by molar-refractivity contribution is 0.415. The first-order chi connectivity index (χ1) is 16.6. The van der Waals surface area contributed by atoms with Crippen LogP contribution >= 0.6 is 0 Å². The summed E-state index contributed by atoms with van der Waals surface area (Å²) in [5.41, 5.74) is 6.51. The third-order valence-electron chi connectivity index (χ3n) is 5.54.